The predicted octanol–water partition coefficient (Wildman–Crippen LogP) is 3.57. The lowest BCUT2D eigenvalue weighted by Crippen LogP contribution is -2.40. The Labute approximate surface area is 223 Å². The average molecular weight is 542 g/mol. The maximum Gasteiger partial charge on any atom is 0.264 e. The maximum absolute atomic E-state index is 13.6. The van der Waals surface area contributed by atoms with Crippen molar-refractivity contribution in [2.45, 2.75) is 24.9 Å². The Bertz CT molecular complexity index is 1310. The third-order valence-electron chi connectivity index (χ3n) is 6.12. The van der Waals surface area contributed by atoms with Gasteiger partial charge in [-0.1, -0.05) is 24.3 Å². The molecule has 202 valence electrons. The van der Waals surface area contributed by atoms with Crippen molar-refractivity contribution >= 4 is 21.6 Å². The van der Waals surface area contributed by atoms with Gasteiger partial charge in [-0.3, -0.25) is 14.0 Å². The molecule has 38 heavy (non-hydrogen) atoms. The third kappa shape index (κ3) is 7.31. The highest BCUT2D eigenvalue weighted by Crippen LogP contribution is 2.25. The number of amides is 1. The van der Waals surface area contributed by atoms with Gasteiger partial charge in [-0.05, 0) is 66.6 Å². The largest absolute Gasteiger partial charge is 0.494 e. The highest BCUT2D eigenvalue weighted by atomic mass is 32.2. The van der Waals surface area contributed by atoms with E-state index in [9.17, 15) is 17.6 Å². The summed E-state index contributed by atoms with van der Waals surface area (Å²) in [6.07, 6.45) is 0. The fourth-order valence-electron chi connectivity index (χ4n) is 4.17. The summed E-state index contributed by atoms with van der Waals surface area (Å²) >= 11 is 0. The lowest BCUT2D eigenvalue weighted by Gasteiger charge is -2.26. The van der Waals surface area contributed by atoms with Gasteiger partial charge in [0.15, 0.2) is 0 Å². The molecule has 1 heterocycles. The van der Waals surface area contributed by atoms with E-state index in [2.05, 4.69) is 10.2 Å². The van der Waals surface area contributed by atoms with Gasteiger partial charge in [0.25, 0.3) is 10.0 Å². The van der Waals surface area contributed by atoms with Crippen LogP contribution in [-0.4, -0.2) is 58.7 Å². The van der Waals surface area contributed by atoms with Gasteiger partial charge in [0.05, 0.1) is 30.4 Å². The van der Waals surface area contributed by atoms with Gasteiger partial charge in [0.2, 0.25) is 5.91 Å². The summed E-state index contributed by atoms with van der Waals surface area (Å²) in [5.41, 5.74) is 2.22. The first-order chi connectivity index (χ1) is 18.3. The zero-order valence-electron chi connectivity index (χ0n) is 21.3. The lowest BCUT2D eigenvalue weighted by molar-refractivity contribution is -0.119. The minimum Gasteiger partial charge on any atom is -0.494 e. The molecule has 0 atom stereocenters. The molecule has 0 aliphatic carbocycles. The minimum absolute atomic E-state index is 0.00566. The monoisotopic (exact) mass is 541 g/mol. The molecule has 0 spiro atoms. The molecule has 1 N–H and O–H groups in total. The Hall–Kier alpha value is -3.47. The molecule has 3 aromatic carbocycles. The Morgan fingerprint density at radius 1 is 1.03 bits per heavy atom. The number of hydrogen-bond donors (Lipinski definition) is 1. The van der Waals surface area contributed by atoms with Gasteiger partial charge in [0, 0.05) is 26.2 Å². The molecule has 8 nitrogen and oxygen atoms in total. The Balaban J connectivity index is 1.46. The van der Waals surface area contributed by atoms with E-state index < -0.39 is 28.3 Å². The van der Waals surface area contributed by atoms with Gasteiger partial charge in [0.1, 0.15) is 18.1 Å². The first-order valence-electron chi connectivity index (χ1n) is 12.5. The lowest BCUT2D eigenvalue weighted by atomic mass is 10.1. The van der Waals surface area contributed by atoms with Crippen LogP contribution in [0.5, 0.6) is 5.75 Å². The number of carbonyl (C=O) groups is 1. The Kier molecular flexibility index (Phi) is 9.33. The molecule has 0 radical (unpaired) electrons. The Morgan fingerprint density at radius 2 is 1.71 bits per heavy atom. The number of halogens is 1. The fourth-order valence-corrected chi connectivity index (χ4v) is 5.59. The number of rotatable bonds is 11. The van der Waals surface area contributed by atoms with Crippen molar-refractivity contribution in [1.29, 1.82) is 0 Å². The van der Waals surface area contributed by atoms with Crippen LogP contribution in [0.2, 0.25) is 0 Å². The smallest absolute Gasteiger partial charge is 0.264 e. The Morgan fingerprint density at radius 3 is 2.39 bits per heavy atom. The third-order valence-corrected chi connectivity index (χ3v) is 7.90. The van der Waals surface area contributed by atoms with Gasteiger partial charge >= 0.3 is 0 Å². The van der Waals surface area contributed by atoms with Crippen LogP contribution < -0.4 is 14.4 Å². The second kappa shape index (κ2) is 12.9. The van der Waals surface area contributed by atoms with E-state index in [4.69, 9.17) is 9.47 Å². The maximum atomic E-state index is 13.6. The number of benzene rings is 3. The zero-order valence-corrected chi connectivity index (χ0v) is 22.1. The molecule has 10 heteroatoms. The molecule has 0 unspecified atom stereocenters. The topological polar surface area (TPSA) is 88.2 Å². The number of ether oxygens (including phenoxy) is 2. The van der Waals surface area contributed by atoms with E-state index in [1.54, 1.807) is 12.1 Å². The SMILES string of the molecule is CCOc1ccc(S(=O)(=O)N(CC(=O)NCc2cccc(CN3CCOCC3)c2)c2ccc(F)cc2)cc1. The van der Waals surface area contributed by atoms with Gasteiger partial charge in [-0.2, -0.15) is 0 Å². The molecular weight excluding hydrogens is 509 g/mol. The number of anilines is 1. The zero-order chi connectivity index (χ0) is 27.0. The van der Waals surface area contributed by atoms with Crippen molar-refractivity contribution < 1.29 is 27.1 Å². The minimum atomic E-state index is -4.12. The summed E-state index contributed by atoms with van der Waals surface area (Å²) in [7, 11) is -4.12. The average Bonchev–Trinajstić information content (AvgIpc) is 2.92. The van der Waals surface area contributed by atoms with Crippen molar-refractivity contribution in [2.75, 3.05) is 43.8 Å². The van der Waals surface area contributed by atoms with Crippen molar-refractivity contribution in [3.05, 3.63) is 89.7 Å². The predicted molar refractivity (Wildman–Crippen MR) is 143 cm³/mol. The van der Waals surface area contributed by atoms with E-state index in [1.807, 2.05) is 31.2 Å². The van der Waals surface area contributed by atoms with Crippen LogP contribution in [0.4, 0.5) is 10.1 Å². The highest BCUT2D eigenvalue weighted by Gasteiger charge is 2.27. The summed E-state index contributed by atoms with van der Waals surface area (Å²) < 4.78 is 52.4. The first-order valence-corrected chi connectivity index (χ1v) is 13.9. The standard InChI is InChI=1S/C28H32FN3O5S/c1-2-37-26-10-12-27(13-11-26)38(34,35)32(25-8-6-24(29)7-9-25)21-28(33)30-19-22-4-3-5-23(18-22)20-31-14-16-36-17-15-31/h3-13,18H,2,14-17,19-21H2,1H3,(H,30,33). The number of hydrogen-bond acceptors (Lipinski definition) is 6. The van der Waals surface area contributed by atoms with Crippen LogP contribution in [0.3, 0.4) is 0 Å². The molecule has 1 amide bonds. The second-order valence-corrected chi connectivity index (χ2v) is 10.7. The van der Waals surface area contributed by atoms with Crippen LogP contribution in [0.15, 0.2) is 77.7 Å². The number of morpholine rings is 1. The molecular formula is C28H32FN3O5S. The molecule has 3 aromatic rings. The summed E-state index contributed by atoms with van der Waals surface area (Å²) in [5.74, 6) is -0.454. The van der Waals surface area contributed by atoms with Crippen LogP contribution in [0.25, 0.3) is 0 Å². The summed E-state index contributed by atoms with van der Waals surface area (Å²) in [6.45, 7) is 6.06. The first kappa shape index (κ1) is 27.6. The summed E-state index contributed by atoms with van der Waals surface area (Å²) in [6, 6.07) is 18.9. The van der Waals surface area contributed by atoms with E-state index in [-0.39, 0.29) is 17.1 Å². The van der Waals surface area contributed by atoms with E-state index in [0.29, 0.717) is 12.4 Å². The van der Waals surface area contributed by atoms with Gasteiger partial charge in [-0.15, -0.1) is 0 Å². The number of nitrogens with one attached hydrogen (secondary N) is 1. The highest BCUT2D eigenvalue weighted by molar-refractivity contribution is 7.92. The van der Waals surface area contributed by atoms with Crippen molar-refractivity contribution in [1.82, 2.24) is 10.2 Å². The molecule has 0 bridgehead atoms. The molecule has 1 saturated heterocycles. The van der Waals surface area contributed by atoms with E-state index in [1.165, 1.54) is 24.3 Å². The number of carbonyl (C=O) groups excluding carboxylic acids is 1. The molecule has 1 aliphatic heterocycles. The van der Waals surface area contributed by atoms with Crippen molar-refractivity contribution in [2.24, 2.45) is 0 Å². The summed E-state index contributed by atoms with van der Waals surface area (Å²) in [5, 5.41) is 2.82. The number of nitrogens with zero attached hydrogens (tertiary/aromatic N) is 2. The second-order valence-electron chi connectivity index (χ2n) is 8.88. The van der Waals surface area contributed by atoms with Crippen LogP contribution in [0.1, 0.15) is 18.1 Å². The van der Waals surface area contributed by atoms with E-state index in [0.717, 1.165) is 60.4 Å². The molecule has 1 aliphatic rings. The van der Waals surface area contributed by atoms with Crippen LogP contribution in [-0.2, 0) is 32.6 Å². The molecule has 4 rings (SSSR count). The number of sulfonamides is 1. The van der Waals surface area contributed by atoms with Crippen molar-refractivity contribution in [3.63, 3.8) is 0 Å². The van der Waals surface area contributed by atoms with Crippen molar-refractivity contribution in [3.8, 4) is 5.75 Å². The normalized spacial score (nSPS) is 14.2. The van der Waals surface area contributed by atoms with Crippen LogP contribution in [0, 0.1) is 5.82 Å². The summed E-state index contributed by atoms with van der Waals surface area (Å²) in [4.78, 5) is 15.3. The molecule has 1 fully saturated rings. The van der Waals surface area contributed by atoms with E-state index >= 15 is 0 Å². The van der Waals surface area contributed by atoms with Gasteiger partial charge < -0.3 is 14.8 Å². The molecule has 0 aromatic heterocycles. The van der Waals surface area contributed by atoms with Gasteiger partial charge in [-0.25, -0.2) is 12.8 Å². The molecule has 0 saturated carbocycles. The quantitative estimate of drug-likeness (QED) is 0.399. The van der Waals surface area contributed by atoms with Crippen LogP contribution >= 0.6 is 0 Å². The fraction of sp³-hybridized carbons (Fsp3) is 0.321.